The summed E-state index contributed by atoms with van der Waals surface area (Å²) in [6, 6.07) is 11.7. The van der Waals surface area contributed by atoms with E-state index in [1.165, 1.54) is 6.33 Å². The smallest absolute Gasteiger partial charge is 0.116 e. The van der Waals surface area contributed by atoms with Crippen LogP contribution >= 0.6 is 0 Å². The molecule has 1 aliphatic heterocycles. The van der Waals surface area contributed by atoms with E-state index in [4.69, 9.17) is 5.26 Å². The third-order valence-corrected chi connectivity index (χ3v) is 3.61. The van der Waals surface area contributed by atoms with E-state index in [1.807, 2.05) is 29.3 Å². The van der Waals surface area contributed by atoms with Crippen molar-refractivity contribution in [3.05, 3.63) is 66.3 Å². The Labute approximate surface area is 129 Å². The summed E-state index contributed by atoms with van der Waals surface area (Å²) in [7, 11) is 0. The van der Waals surface area contributed by atoms with Crippen LogP contribution in [0.5, 0.6) is 0 Å². The SMILES string of the molecule is C=C(c1ccncn1)N1N=C(c2cccc(C#N)c2)CC1C. The zero-order valence-electron chi connectivity index (χ0n) is 12.3. The number of hydrazone groups is 1. The van der Waals surface area contributed by atoms with Gasteiger partial charge in [-0.25, -0.2) is 9.97 Å². The molecular weight excluding hydrogens is 274 g/mol. The first-order valence-corrected chi connectivity index (χ1v) is 7.01. The summed E-state index contributed by atoms with van der Waals surface area (Å²) in [4.78, 5) is 8.14. The van der Waals surface area contributed by atoms with Gasteiger partial charge in [0.05, 0.1) is 34.8 Å². The minimum Gasteiger partial charge on any atom is -0.261 e. The molecule has 0 saturated heterocycles. The largest absolute Gasteiger partial charge is 0.261 e. The lowest BCUT2D eigenvalue weighted by molar-refractivity contribution is 0.363. The van der Waals surface area contributed by atoms with Crippen molar-refractivity contribution in [1.29, 1.82) is 5.26 Å². The molecule has 1 aromatic heterocycles. The van der Waals surface area contributed by atoms with Crippen LogP contribution in [0.1, 0.15) is 30.2 Å². The summed E-state index contributed by atoms with van der Waals surface area (Å²) in [6.45, 7) is 6.19. The lowest BCUT2D eigenvalue weighted by atomic mass is 10.0. The molecule has 5 heteroatoms. The number of aromatic nitrogens is 2. The third kappa shape index (κ3) is 2.59. The van der Waals surface area contributed by atoms with Crippen LogP contribution in [0.25, 0.3) is 5.70 Å². The Balaban J connectivity index is 1.90. The van der Waals surface area contributed by atoms with Crippen LogP contribution in [-0.2, 0) is 0 Å². The number of hydrogen-bond donors (Lipinski definition) is 0. The first-order valence-electron chi connectivity index (χ1n) is 7.01. The standard InChI is InChI=1S/C17H15N5/c1-12-8-17(15-5-3-4-14(9-15)10-18)21-22(12)13(2)16-6-7-19-11-20-16/h3-7,9,11-12H,2,8H2,1H3. The molecule has 0 saturated carbocycles. The van der Waals surface area contributed by atoms with Crippen LogP contribution in [0, 0.1) is 11.3 Å². The van der Waals surface area contributed by atoms with E-state index in [2.05, 4.69) is 34.6 Å². The van der Waals surface area contributed by atoms with Gasteiger partial charge in [-0.1, -0.05) is 18.7 Å². The van der Waals surface area contributed by atoms with Gasteiger partial charge in [-0.3, -0.25) is 5.01 Å². The molecule has 22 heavy (non-hydrogen) atoms. The second kappa shape index (κ2) is 5.78. The molecule has 0 radical (unpaired) electrons. The molecule has 0 fully saturated rings. The first kappa shape index (κ1) is 14.0. The molecule has 5 nitrogen and oxygen atoms in total. The maximum atomic E-state index is 9.02. The zero-order valence-corrected chi connectivity index (χ0v) is 12.3. The van der Waals surface area contributed by atoms with E-state index in [0.717, 1.165) is 29.1 Å². The van der Waals surface area contributed by atoms with Gasteiger partial charge in [0, 0.05) is 12.6 Å². The molecule has 1 unspecified atom stereocenters. The van der Waals surface area contributed by atoms with Gasteiger partial charge < -0.3 is 0 Å². The molecule has 0 bridgehead atoms. The summed E-state index contributed by atoms with van der Waals surface area (Å²) in [5, 5.41) is 15.6. The van der Waals surface area contributed by atoms with Crippen LogP contribution in [0.2, 0.25) is 0 Å². The normalized spacial score (nSPS) is 17.0. The van der Waals surface area contributed by atoms with Crippen molar-refractivity contribution < 1.29 is 0 Å². The monoisotopic (exact) mass is 289 g/mol. The fourth-order valence-electron chi connectivity index (χ4n) is 2.48. The Morgan fingerprint density at radius 2 is 2.27 bits per heavy atom. The number of nitriles is 1. The molecule has 2 aromatic rings. The fraction of sp³-hybridized carbons (Fsp3) is 0.176. The predicted octanol–water partition coefficient (Wildman–Crippen LogP) is 2.82. The lowest BCUT2D eigenvalue weighted by Gasteiger charge is -2.21. The van der Waals surface area contributed by atoms with E-state index in [0.29, 0.717) is 5.56 Å². The highest BCUT2D eigenvalue weighted by Crippen LogP contribution is 2.27. The highest BCUT2D eigenvalue weighted by atomic mass is 15.5. The second-order valence-electron chi connectivity index (χ2n) is 5.18. The average molecular weight is 289 g/mol. The van der Waals surface area contributed by atoms with E-state index >= 15 is 0 Å². The summed E-state index contributed by atoms with van der Waals surface area (Å²) in [6.07, 6.45) is 4.00. The Morgan fingerprint density at radius 3 is 3.00 bits per heavy atom. The highest BCUT2D eigenvalue weighted by molar-refractivity contribution is 6.02. The topological polar surface area (TPSA) is 65.2 Å². The molecule has 0 N–H and O–H groups in total. The maximum Gasteiger partial charge on any atom is 0.116 e. The minimum atomic E-state index is 0.197. The predicted molar refractivity (Wildman–Crippen MR) is 84.7 cm³/mol. The Morgan fingerprint density at radius 1 is 1.41 bits per heavy atom. The van der Waals surface area contributed by atoms with Crippen molar-refractivity contribution >= 4 is 11.4 Å². The van der Waals surface area contributed by atoms with Gasteiger partial charge >= 0.3 is 0 Å². The molecule has 3 rings (SSSR count). The van der Waals surface area contributed by atoms with Crippen LogP contribution < -0.4 is 0 Å². The summed E-state index contributed by atoms with van der Waals surface area (Å²) >= 11 is 0. The van der Waals surface area contributed by atoms with E-state index in [1.54, 1.807) is 12.3 Å². The van der Waals surface area contributed by atoms with Gasteiger partial charge in [0.15, 0.2) is 0 Å². The van der Waals surface area contributed by atoms with Crippen molar-refractivity contribution in [1.82, 2.24) is 15.0 Å². The van der Waals surface area contributed by atoms with Gasteiger partial charge in [0.25, 0.3) is 0 Å². The van der Waals surface area contributed by atoms with Crippen LogP contribution in [0.4, 0.5) is 0 Å². The summed E-state index contributed by atoms with van der Waals surface area (Å²) in [5.74, 6) is 0. The van der Waals surface area contributed by atoms with Crippen LogP contribution in [-0.4, -0.2) is 26.7 Å². The first-order chi connectivity index (χ1) is 10.7. The molecule has 108 valence electrons. The molecule has 0 amide bonds. The number of benzene rings is 1. The Kier molecular flexibility index (Phi) is 3.67. The van der Waals surface area contributed by atoms with Crippen LogP contribution in [0.3, 0.4) is 0 Å². The molecule has 2 heterocycles. The summed E-state index contributed by atoms with van der Waals surface area (Å²) in [5.41, 5.74) is 4.09. The lowest BCUT2D eigenvalue weighted by Crippen LogP contribution is -2.22. The fourth-order valence-corrected chi connectivity index (χ4v) is 2.48. The number of nitrogens with zero attached hydrogens (tertiary/aromatic N) is 5. The van der Waals surface area contributed by atoms with E-state index in [-0.39, 0.29) is 6.04 Å². The van der Waals surface area contributed by atoms with Crippen molar-refractivity contribution in [3.8, 4) is 6.07 Å². The summed E-state index contributed by atoms with van der Waals surface area (Å²) < 4.78 is 0. The van der Waals surface area contributed by atoms with E-state index < -0.39 is 0 Å². The molecule has 0 spiro atoms. The van der Waals surface area contributed by atoms with Crippen molar-refractivity contribution in [2.45, 2.75) is 19.4 Å². The average Bonchev–Trinajstić information content (AvgIpc) is 2.97. The second-order valence-corrected chi connectivity index (χ2v) is 5.18. The van der Waals surface area contributed by atoms with Crippen molar-refractivity contribution in [3.63, 3.8) is 0 Å². The molecule has 1 aromatic carbocycles. The molecule has 1 atom stereocenters. The van der Waals surface area contributed by atoms with Crippen LogP contribution in [0.15, 0.2) is 54.5 Å². The highest BCUT2D eigenvalue weighted by Gasteiger charge is 2.26. The van der Waals surface area contributed by atoms with Gasteiger partial charge in [-0.15, -0.1) is 0 Å². The van der Waals surface area contributed by atoms with Gasteiger partial charge in [0.2, 0.25) is 0 Å². The Hall–Kier alpha value is -3.00. The quantitative estimate of drug-likeness (QED) is 0.871. The number of rotatable bonds is 3. The van der Waals surface area contributed by atoms with Gasteiger partial charge in [0.1, 0.15) is 6.33 Å². The number of hydrogen-bond acceptors (Lipinski definition) is 5. The minimum absolute atomic E-state index is 0.197. The van der Waals surface area contributed by atoms with Gasteiger partial charge in [-0.05, 0) is 30.7 Å². The molecular formula is C17H15N5. The molecule has 0 aliphatic carbocycles. The van der Waals surface area contributed by atoms with Crippen molar-refractivity contribution in [2.75, 3.05) is 0 Å². The van der Waals surface area contributed by atoms with Crippen molar-refractivity contribution in [2.24, 2.45) is 5.10 Å². The third-order valence-electron chi connectivity index (χ3n) is 3.61. The zero-order chi connectivity index (χ0) is 15.5. The van der Waals surface area contributed by atoms with E-state index in [9.17, 15) is 0 Å². The Bertz CT molecular complexity index is 773. The maximum absolute atomic E-state index is 9.02. The van der Waals surface area contributed by atoms with Gasteiger partial charge in [-0.2, -0.15) is 10.4 Å². The molecule has 1 aliphatic rings.